The minimum absolute atomic E-state index is 0.112. The summed E-state index contributed by atoms with van der Waals surface area (Å²) < 4.78 is 37.9. The smallest absolute Gasteiger partial charge is 0.241 e. The van der Waals surface area contributed by atoms with Crippen molar-refractivity contribution in [3.63, 3.8) is 0 Å². The summed E-state index contributed by atoms with van der Waals surface area (Å²) in [6, 6.07) is 4.57. The van der Waals surface area contributed by atoms with Crippen LogP contribution in [0.1, 0.15) is 24.5 Å². The lowest BCUT2D eigenvalue weighted by molar-refractivity contribution is 0.174. The predicted molar refractivity (Wildman–Crippen MR) is 95.3 cm³/mol. The Labute approximate surface area is 151 Å². The first-order valence-corrected chi connectivity index (χ1v) is 10.4. The molecule has 2 aromatic rings. The fourth-order valence-electron chi connectivity index (χ4n) is 2.46. The summed E-state index contributed by atoms with van der Waals surface area (Å²) in [4.78, 5) is 6.91. The average Bonchev–Trinajstić information content (AvgIpc) is 3.26. The van der Waals surface area contributed by atoms with Gasteiger partial charge in [0.25, 0.3) is 0 Å². The van der Waals surface area contributed by atoms with Gasteiger partial charge in [-0.15, -0.1) is 11.3 Å². The van der Waals surface area contributed by atoms with Crippen molar-refractivity contribution in [1.29, 1.82) is 0 Å². The minimum Gasteiger partial charge on any atom is -0.454 e. The lowest BCUT2D eigenvalue weighted by Gasteiger charge is -2.15. The van der Waals surface area contributed by atoms with Crippen LogP contribution in [0.25, 0.3) is 0 Å². The zero-order valence-electron chi connectivity index (χ0n) is 14.2. The van der Waals surface area contributed by atoms with E-state index in [0.29, 0.717) is 11.5 Å². The highest BCUT2D eigenvalue weighted by Crippen LogP contribution is 2.33. The maximum Gasteiger partial charge on any atom is 0.241 e. The first kappa shape index (κ1) is 18.1. The van der Waals surface area contributed by atoms with E-state index in [9.17, 15) is 8.42 Å². The Balaban J connectivity index is 1.63. The Bertz CT molecular complexity index is 832. The number of aromatic nitrogens is 1. The maximum absolute atomic E-state index is 12.4. The van der Waals surface area contributed by atoms with E-state index in [4.69, 9.17) is 9.47 Å². The molecule has 1 N–H and O–H groups in total. The highest BCUT2D eigenvalue weighted by atomic mass is 32.2. The van der Waals surface area contributed by atoms with E-state index in [2.05, 4.69) is 28.5 Å². The van der Waals surface area contributed by atoms with Gasteiger partial charge in [0.05, 0.1) is 17.1 Å². The highest BCUT2D eigenvalue weighted by Gasteiger charge is 2.20. The molecule has 0 spiro atoms. The van der Waals surface area contributed by atoms with E-state index < -0.39 is 10.0 Å². The van der Waals surface area contributed by atoms with Crippen LogP contribution < -0.4 is 14.2 Å². The van der Waals surface area contributed by atoms with Crippen LogP contribution in [0.3, 0.4) is 0 Å². The molecule has 25 heavy (non-hydrogen) atoms. The number of rotatable bonds is 8. The molecule has 0 amide bonds. The highest BCUT2D eigenvalue weighted by molar-refractivity contribution is 7.89. The molecule has 2 heterocycles. The van der Waals surface area contributed by atoms with Crippen LogP contribution in [-0.2, 0) is 23.1 Å². The van der Waals surface area contributed by atoms with E-state index in [1.807, 2.05) is 5.38 Å². The summed E-state index contributed by atoms with van der Waals surface area (Å²) in [5, 5.41) is 2.72. The van der Waals surface area contributed by atoms with E-state index in [0.717, 1.165) is 30.3 Å². The molecule has 3 rings (SSSR count). The lowest BCUT2D eigenvalue weighted by atomic mass is 10.3. The molecule has 0 unspecified atom stereocenters. The third-order valence-corrected chi connectivity index (χ3v) is 6.24. The van der Waals surface area contributed by atoms with Crippen molar-refractivity contribution in [1.82, 2.24) is 14.6 Å². The fraction of sp³-hybridized carbons (Fsp3) is 0.438. The van der Waals surface area contributed by atoms with Gasteiger partial charge >= 0.3 is 0 Å². The van der Waals surface area contributed by atoms with Crippen molar-refractivity contribution in [3.05, 3.63) is 34.3 Å². The van der Waals surface area contributed by atoms with Gasteiger partial charge in [0, 0.05) is 18.0 Å². The summed E-state index contributed by atoms with van der Waals surface area (Å²) in [5.74, 6) is 0.999. The van der Waals surface area contributed by atoms with Crippen LogP contribution in [0.5, 0.6) is 11.5 Å². The van der Waals surface area contributed by atoms with Crippen LogP contribution in [0.2, 0.25) is 0 Å². The molecule has 1 aromatic carbocycles. The monoisotopic (exact) mass is 383 g/mol. The summed E-state index contributed by atoms with van der Waals surface area (Å²) in [6.07, 6.45) is 0. The third kappa shape index (κ3) is 4.30. The minimum atomic E-state index is -3.63. The summed E-state index contributed by atoms with van der Waals surface area (Å²) >= 11 is 1.46. The molecule has 0 saturated heterocycles. The number of benzene rings is 1. The number of fused-ring (bicyclic) bond motifs is 1. The van der Waals surface area contributed by atoms with Crippen molar-refractivity contribution in [2.24, 2.45) is 0 Å². The van der Waals surface area contributed by atoms with Crippen molar-refractivity contribution in [2.75, 3.05) is 19.9 Å². The van der Waals surface area contributed by atoms with Gasteiger partial charge in [0.2, 0.25) is 16.8 Å². The molecule has 0 saturated carbocycles. The van der Waals surface area contributed by atoms with Gasteiger partial charge in [-0.2, -0.15) is 0 Å². The molecule has 1 aliphatic rings. The number of nitrogens with one attached hydrogen (secondary N) is 1. The molecular formula is C16H21N3O4S2. The third-order valence-electron chi connectivity index (χ3n) is 3.95. The number of ether oxygens (including phenoxy) is 2. The zero-order valence-corrected chi connectivity index (χ0v) is 15.8. The number of sulfonamides is 1. The number of hydrogen-bond donors (Lipinski definition) is 1. The lowest BCUT2D eigenvalue weighted by Crippen LogP contribution is -2.24. The van der Waals surface area contributed by atoms with E-state index in [1.165, 1.54) is 23.5 Å². The van der Waals surface area contributed by atoms with Crippen LogP contribution in [0.4, 0.5) is 0 Å². The van der Waals surface area contributed by atoms with Gasteiger partial charge in [-0.1, -0.05) is 13.8 Å². The first-order valence-electron chi connectivity index (χ1n) is 8.06. The largest absolute Gasteiger partial charge is 0.454 e. The average molecular weight is 383 g/mol. The Hall–Kier alpha value is -1.68. The second-order valence-electron chi connectivity index (χ2n) is 5.53. The quantitative estimate of drug-likeness (QED) is 0.753. The summed E-state index contributed by atoms with van der Waals surface area (Å²) in [7, 11) is -3.63. The molecular weight excluding hydrogens is 362 g/mol. The topological polar surface area (TPSA) is 80.8 Å². The van der Waals surface area contributed by atoms with Gasteiger partial charge in [0.1, 0.15) is 5.01 Å². The Morgan fingerprint density at radius 3 is 2.76 bits per heavy atom. The predicted octanol–water partition coefficient (Wildman–Crippen LogP) is 2.19. The van der Waals surface area contributed by atoms with Gasteiger partial charge < -0.3 is 9.47 Å². The second kappa shape index (κ2) is 7.69. The first-order chi connectivity index (χ1) is 12.0. The fourth-order valence-corrected chi connectivity index (χ4v) is 4.28. The van der Waals surface area contributed by atoms with Gasteiger partial charge in [-0.05, 0) is 25.2 Å². The van der Waals surface area contributed by atoms with Gasteiger partial charge in [0.15, 0.2) is 11.5 Å². The normalized spacial score (nSPS) is 13.6. The van der Waals surface area contributed by atoms with Crippen LogP contribution in [0, 0.1) is 0 Å². The molecule has 0 bridgehead atoms. The van der Waals surface area contributed by atoms with Crippen LogP contribution in [0.15, 0.2) is 28.5 Å². The molecule has 0 radical (unpaired) electrons. The number of thiazole rings is 1. The van der Waals surface area contributed by atoms with Gasteiger partial charge in [-0.3, -0.25) is 4.90 Å². The molecule has 136 valence electrons. The Morgan fingerprint density at radius 1 is 1.24 bits per heavy atom. The molecule has 9 heteroatoms. The molecule has 1 aliphatic heterocycles. The molecule has 0 fully saturated rings. The SMILES string of the molecule is CCN(CC)Cc1csc(CNS(=O)(=O)c2ccc3c(c2)OCO3)n1. The molecule has 0 atom stereocenters. The van der Waals surface area contributed by atoms with Crippen molar-refractivity contribution in [2.45, 2.75) is 31.8 Å². The second-order valence-corrected chi connectivity index (χ2v) is 8.24. The van der Waals surface area contributed by atoms with Crippen LogP contribution >= 0.6 is 11.3 Å². The zero-order chi connectivity index (χ0) is 17.9. The number of hydrogen-bond acceptors (Lipinski definition) is 7. The van der Waals surface area contributed by atoms with E-state index >= 15 is 0 Å². The molecule has 1 aromatic heterocycles. The van der Waals surface area contributed by atoms with Gasteiger partial charge in [-0.25, -0.2) is 18.1 Å². The Morgan fingerprint density at radius 2 is 2.00 bits per heavy atom. The van der Waals surface area contributed by atoms with Crippen molar-refractivity contribution < 1.29 is 17.9 Å². The molecule has 7 nitrogen and oxygen atoms in total. The van der Waals surface area contributed by atoms with Crippen molar-refractivity contribution in [3.8, 4) is 11.5 Å². The summed E-state index contributed by atoms with van der Waals surface area (Å²) in [6.45, 7) is 7.19. The van der Waals surface area contributed by atoms with Crippen molar-refractivity contribution >= 4 is 21.4 Å². The van der Waals surface area contributed by atoms with E-state index in [1.54, 1.807) is 6.07 Å². The Kier molecular flexibility index (Phi) is 5.57. The number of nitrogens with zero attached hydrogens (tertiary/aromatic N) is 2. The summed E-state index contributed by atoms with van der Waals surface area (Å²) in [5.41, 5.74) is 0.964. The van der Waals surface area contributed by atoms with E-state index in [-0.39, 0.29) is 18.2 Å². The molecule has 0 aliphatic carbocycles. The standard InChI is InChI=1S/C16H21N3O4S2/c1-3-19(4-2)9-12-10-24-16(18-12)8-17-25(20,21)13-5-6-14-15(7-13)23-11-22-14/h5-7,10,17H,3-4,8-9,11H2,1-2H3. The maximum atomic E-state index is 12.4. The van der Waals surface area contributed by atoms with Crippen LogP contribution in [-0.4, -0.2) is 38.2 Å².